The van der Waals surface area contributed by atoms with Gasteiger partial charge in [-0.2, -0.15) is 0 Å². The lowest BCUT2D eigenvalue weighted by atomic mass is 9.97. The van der Waals surface area contributed by atoms with Crippen LogP contribution in [0.2, 0.25) is 0 Å². The van der Waals surface area contributed by atoms with Crippen molar-refractivity contribution >= 4 is 43.5 Å². The minimum atomic E-state index is 0.578. The van der Waals surface area contributed by atoms with Crippen LogP contribution in [0.4, 0.5) is 0 Å². The van der Waals surface area contributed by atoms with Gasteiger partial charge in [0.1, 0.15) is 11.2 Å². The van der Waals surface area contributed by atoms with Crippen molar-refractivity contribution in [3.63, 3.8) is 0 Å². The van der Waals surface area contributed by atoms with Crippen LogP contribution < -0.4 is 0 Å². The largest absolute Gasteiger partial charge is 0.455 e. The molecule has 4 heteroatoms. The Morgan fingerprint density at radius 2 is 0.794 bits per heavy atom. The van der Waals surface area contributed by atoms with E-state index in [-0.39, 0.29) is 0 Å². The number of aromatic nitrogens is 3. The van der Waals surface area contributed by atoms with Gasteiger partial charge in [0.05, 0.1) is 0 Å². The van der Waals surface area contributed by atoms with Gasteiger partial charge in [-0.15, -0.1) is 0 Å². The highest BCUT2D eigenvalue weighted by Crippen LogP contribution is 2.42. The van der Waals surface area contributed by atoms with Crippen molar-refractivity contribution in [2.24, 2.45) is 0 Å². The molecule has 12 aromatic rings. The summed E-state index contributed by atoms with van der Waals surface area (Å²) >= 11 is 0. The number of furan rings is 1. The lowest BCUT2D eigenvalue weighted by molar-refractivity contribution is 0.670. The zero-order valence-electron chi connectivity index (χ0n) is 34.1. The Morgan fingerprint density at radius 3 is 1.60 bits per heavy atom. The van der Waals surface area contributed by atoms with E-state index < -0.39 is 0 Å². The highest BCUT2D eigenvalue weighted by atomic mass is 16.3. The maximum atomic E-state index is 6.66. The van der Waals surface area contributed by atoms with E-state index >= 15 is 0 Å². The van der Waals surface area contributed by atoms with Crippen molar-refractivity contribution in [2.75, 3.05) is 0 Å². The fourth-order valence-corrected chi connectivity index (χ4v) is 8.95. The van der Waals surface area contributed by atoms with Gasteiger partial charge in [-0.05, 0) is 90.8 Å². The molecule has 4 nitrogen and oxygen atoms in total. The first-order valence-electron chi connectivity index (χ1n) is 21.2. The maximum Gasteiger partial charge on any atom is 0.164 e. The molecule has 0 amide bonds. The smallest absolute Gasteiger partial charge is 0.164 e. The van der Waals surface area contributed by atoms with E-state index in [4.69, 9.17) is 19.4 Å². The predicted octanol–water partition coefficient (Wildman–Crippen LogP) is 15.7. The molecule has 0 saturated heterocycles. The Kier molecular flexibility index (Phi) is 8.79. The third-order valence-corrected chi connectivity index (χ3v) is 12.2. The number of nitrogens with zero attached hydrogens (tertiary/aromatic N) is 3. The summed E-state index contributed by atoms with van der Waals surface area (Å²) < 4.78 is 6.66. The fourth-order valence-electron chi connectivity index (χ4n) is 8.95. The quantitative estimate of drug-likeness (QED) is 0.161. The second kappa shape index (κ2) is 15.2. The van der Waals surface area contributed by atoms with Gasteiger partial charge in [-0.25, -0.2) is 15.0 Å². The highest BCUT2D eigenvalue weighted by Gasteiger charge is 2.21. The summed E-state index contributed by atoms with van der Waals surface area (Å²) in [6.07, 6.45) is 0. The molecular formula is C59H37N3O. The van der Waals surface area contributed by atoms with Crippen LogP contribution in [-0.2, 0) is 0 Å². The Morgan fingerprint density at radius 1 is 0.270 bits per heavy atom. The molecule has 12 rings (SSSR count). The Bertz CT molecular complexity index is 3660. The number of fused-ring (bicyclic) bond motifs is 5. The van der Waals surface area contributed by atoms with Gasteiger partial charge in [-0.1, -0.05) is 194 Å². The molecular weight excluding hydrogens is 767 g/mol. The molecule has 0 N–H and O–H groups in total. The molecule has 0 aliphatic rings. The van der Waals surface area contributed by atoms with E-state index in [1.807, 2.05) is 18.2 Å². The van der Waals surface area contributed by atoms with Crippen LogP contribution in [0.1, 0.15) is 0 Å². The molecule has 0 bridgehead atoms. The van der Waals surface area contributed by atoms with E-state index in [9.17, 15) is 0 Å². The molecule has 2 heterocycles. The standard InChI is InChI=1S/C59H37N3O/c1-2-13-42(14-3-1)51-34-35-53(55-52-21-8-9-23-54(52)63-56(51)55)59-61-57(44-31-29-43(30-32-44)50-22-11-17-41-15-6-7-20-49(41)50)60-58(62-59)48-19-10-18-46(37-48)39-24-26-40(27-25-39)47-33-28-38-12-4-5-16-45(38)36-47/h1-37H. The van der Waals surface area contributed by atoms with Gasteiger partial charge in [0.15, 0.2) is 17.5 Å². The Hall–Kier alpha value is -8.47. The van der Waals surface area contributed by atoms with Crippen LogP contribution in [0, 0.1) is 0 Å². The van der Waals surface area contributed by atoms with Crippen LogP contribution in [0.5, 0.6) is 0 Å². The SMILES string of the molecule is c1ccc(-c2ccc(-c3nc(-c4ccc(-c5cccc6ccccc56)cc4)nc(-c4cccc(-c5ccc(-c6ccc7ccccc7c6)cc5)c4)n3)c3c2oc2ccccc23)cc1. The summed E-state index contributed by atoms with van der Waals surface area (Å²) in [5, 5.41) is 6.89. The summed E-state index contributed by atoms with van der Waals surface area (Å²) in [5.74, 6) is 1.77. The van der Waals surface area contributed by atoms with E-state index in [0.717, 1.165) is 66.4 Å². The lowest BCUT2D eigenvalue weighted by Gasteiger charge is -2.12. The number of hydrogen-bond acceptors (Lipinski definition) is 4. The second-order valence-corrected chi connectivity index (χ2v) is 16.0. The number of benzene rings is 10. The van der Waals surface area contributed by atoms with Crippen molar-refractivity contribution in [1.29, 1.82) is 0 Å². The summed E-state index contributed by atoms with van der Waals surface area (Å²) in [5.41, 5.74) is 13.3. The van der Waals surface area contributed by atoms with Crippen LogP contribution in [0.15, 0.2) is 229 Å². The normalized spacial score (nSPS) is 11.5. The number of para-hydroxylation sites is 1. The van der Waals surface area contributed by atoms with Gasteiger partial charge in [0.2, 0.25) is 0 Å². The molecule has 0 fully saturated rings. The molecule has 294 valence electrons. The van der Waals surface area contributed by atoms with Gasteiger partial charge in [0, 0.05) is 33.0 Å². The van der Waals surface area contributed by atoms with Crippen LogP contribution >= 0.6 is 0 Å². The van der Waals surface area contributed by atoms with E-state index in [1.54, 1.807) is 0 Å². The minimum absolute atomic E-state index is 0.578. The van der Waals surface area contributed by atoms with Gasteiger partial charge in [0.25, 0.3) is 0 Å². The molecule has 0 aliphatic heterocycles. The van der Waals surface area contributed by atoms with Crippen molar-refractivity contribution in [2.45, 2.75) is 0 Å². The second-order valence-electron chi connectivity index (χ2n) is 16.0. The molecule has 2 aromatic heterocycles. The lowest BCUT2D eigenvalue weighted by Crippen LogP contribution is -2.01. The van der Waals surface area contributed by atoms with Crippen LogP contribution in [0.3, 0.4) is 0 Å². The van der Waals surface area contributed by atoms with Crippen LogP contribution in [-0.4, -0.2) is 15.0 Å². The molecule has 0 radical (unpaired) electrons. The van der Waals surface area contributed by atoms with Gasteiger partial charge in [-0.3, -0.25) is 0 Å². The van der Waals surface area contributed by atoms with Crippen molar-refractivity contribution < 1.29 is 4.42 Å². The van der Waals surface area contributed by atoms with Gasteiger partial charge >= 0.3 is 0 Å². The summed E-state index contributed by atoms with van der Waals surface area (Å²) in [7, 11) is 0. The first-order valence-corrected chi connectivity index (χ1v) is 21.2. The predicted molar refractivity (Wildman–Crippen MR) is 260 cm³/mol. The summed E-state index contributed by atoms with van der Waals surface area (Å²) in [4.78, 5) is 15.8. The number of rotatable bonds is 7. The highest BCUT2D eigenvalue weighted by molar-refractivity contribution is 6.15. The Balaban J connectivity index is 0.992. The molecule has 63 heavy (non-hydrogen) atoms. The third-order valence-electron chi connectivity index (χ3n) is 12.2. The van der Waals surface area contributed by atoms with E-state index in [1.165, 1.54) is 38.2 Å². The first kappa shape index (κ1) is 36.4. The van der Waals surface area contributed by atoms with Crippen molar-refractivity contribution in [3.05, 3.63) is 224 Å². The van der Waals surface area contributed by atoms with Gasteiger partial charge < -0.3 is 4.42 Å². The average molecular weight is 804 g/mol. The van der Waals surface area contributed by atoms with E-state index in [0.29, 0.717) is 17.5 Å². The molecule has 0 saturated carbocycles. The van der Waals surface area contributed by atoms with Crippen molar-refractivity contribution in [3.8, 4) is 78.7 Å². The fraction of sp³-hybridized carbons (Fsp3) is 0. The Labute approximate surface area is 364 Å². The maximum absolute atomic E-state index is 6.66. The van der Waals surface area contributed by atoms with Crippen molar-refractivity contribution in [1.82, 2.24) is 15.0 Å². The molecule has 10 aromatic carbocycles. The van der Waals surface area contributed by atoms with Crippen LogP contribution in [0.25, 0.3) is 122 Å². The molecule has 0 atom stereocenters. The van der Waals surface area contributed by atoms with E-state index in [2.05, 4.69) is 206 Å². The topological polar surface area (TPSA) is 51.8 Å². The molecule has 0 aliphatic carbocycles. The summed E-state index contributed by atoms with van der Waals surface area (Å²) in [6.45, 7) is 0. The monoisotopic (exact) mass is 803 g/mol. The minimum Gasteiger partial charge on any atom is -0.455 e. The zero-order chi connectivity index (χ0) is 41.7. The first-order chi connectivity index (χ1) is 31.2. The summed E-state index contributed by atoms with van der Waals surface area (Å²) in [6, 6.07) is 78.8. The number of hydrogen-bond donors (Lipinski definition) is 0. The molecule has 0 spiro atoms. The average Bonchev–Trinajstić information content (AvgIpc) is 3.76. The molecule has 0 unspecified atom stereocenters. The zero-order valence-corrected chi connectivity index (χ0v) is 34.1. The third kappa shape index (κ3) is 6.62.